The molecule has 0 saturated carbocycles. The largest absolute Gasteiger partial charge is 0.444 e. The minimum atomic E-state index is -0.590. The Labute approximate surface area is 199 Å². The van der Waals surface area contributed by atoms with Gasteiger partial charge in [-0.3, -0.25) is 5.32 Å². The fourth-order valence-electron chi connectivity index (χ4n) is 3.23. The molecule has 1 amide bonds. The van der Waals surface area contributed by atoms with E-state index < -0.39 is 12.4 Å². The van der Waals surface area contributed by atoms with Crippen LogP contribution in [0.15, 0.2) is 120 Å². The van der Waals surface area contributed by atoms with Crippen molar-refractivity contribution in [2.45, 2.75) is 19.5 Å². The molecule has 0 spiro atoms. The lowest BCUT2D eigenvalue weighted by atomic mass is 10.2. The topological polar surface area (TPSA) is 56.8 Å². The molecule has 5 nitrogen and oxygen atoms in total. The van der Waals surface area contributed by atoms with Crippen LogP contribution in [0.2, 0.25) is 0 Å². The molecule has 1 aliphatic carbocycles. The van der Waals surface area contributed by atoms with Crippen LogP contribution in [0.25, 0.3) is 0 Å². The lowest BCUT2D eigenvalue weighted by Crippen LogP contribution is -2.14. The van der Waals surface area contributed by atoms with E-state index >= 15 is 0 Å². The number of nitrogens with one attached hydrogen (secondary N) is 1. The molecular formula is C29H25NO4. The number of allylic oxidation sites excluding steroid dienone is 2. The van der Waals surface area contributed by atoms with Crippen molar-refractivity contribution in [1.29, 1.82) is 0 Å². The Balaban J connectivity index is 1.37. The Morgan fingerprint density at radius 3 is 2.09 bits per heavy atom. The van der Waals surface area contributed by atoms with Gasteiger partial charge in [-0.15, -0.1) is 0 Å². The monoisotopic (exact) mass is 451 g/mol. The van der Waals surface area contributed by atoms with E-state index in [1.807, 2.05) is 84.9 Å². The van der Waals surface area contributed by atoms with E-state index in [2.05, 4.69) is 16.8 Å². The first-order valence-corrected chi connectivity index (χ1v) is 11.0. The second kappa shape index (κ2) is 12.2. The summed E-state index contributed by atoms with van der Waals surface area (Å²) in [5.74, 6) is 0. The molecule has 1 atom stereocenters. The van der Waals surface area contributed by atoms with E-state index in [9.17, 15) is 4.79 Å². The van der Waals surface area contributed by atoms with Crippen molar-refractivity contribution in [3.63, 3.8) is 0 Å². The minimum Gasteiger partial charge on any atom is -0.444 e. The molecule has 0 fully saturated rings. The fourth-order valence-corrected chi connectivity index (χ4v) is 3.23. The molecule has 0 bridgehead atoms. The maximum Gasteiger partial charge on any atom is 0.411 e. The van der Waals surface area contributed by atoms with E-state index in [4.69, 9.17) is 14.2 Å². The number of carbonyl (C=O) groups is 1. The number of rotatable bonds is 10. The van der Waals surface area contributed by atoms with Gasteiger partial charge in [-0.2, -0.15) is 0 Å². The molecule has 5 heteroatoms. The smallest absolute Gasteiger partial charge is 0.411 e. The second-order valence-corrected chi connectivity index (χ2v) is 7.57. The molecule has 0 saturated heterocycles. The molecule has 1 aliphatic rings. The Kier molecular flexibility index (Phi) is 8.29. The van der Waals surface area contributed by atoms with Crippen LogP contribution in [0.3, 0.4) is 0 Å². The summed E-state index contributed by atoms with van der Waals surface area (Å²) in [5.41, 5.74) is 10.3. The highest BCUT2D eigenvalue weighted by atomic mass is 16.7. The highest BCUT2D eigenvalue weighted by Crippen LogP contribution is 2.24. The van der Waals surface area contributed by atoms with Crippen molar-refractivity contribution in [1.82, 2.24) is 0 Å². The summed E-state index contributed by atoms with van der Waals surface area (Å²) in [6.45, 7) is 0.951. The van der Waals surface area contributed by atoms with Crippen molar-refractivity contribution in [3.05, 3.63) is 137 Å². The zero-order chi connectivity index (χ0) is 23.4. The number of ether oxygens (including phenoxy) is 3. The lowest BCUT2D eigenvalue weighted by Gasteiger charge is -2.20. The van der Waals surface area contributed by atoms with Gasteiger partial charge in [0.25, 0.3) is 0 Å². The molecule has 1 N–H and O–H groups in total. The maximum atomic E-state index is 12.1. The van der Waals surface area contributed by atoms with Crippen LogP contribution < -0.4 is 5.32 Å². The van der Waals surface area contributed by atoms with Crippen LogP contribution in [-0.4, -0.2) is 12.7 Å². The quantitative estimate of drug-likeness (QED) is 0.283. The standard InChI is InChI=1S/C29H25NO4/c31-29(34-22-25-14-8-3-9-15-25)30-27-18-16-26(17-19-27)28(32-20-23-10-4-1-5-11-23)33-21-24-12-6-2-7-13-24/h1-6,8-12,14-19,28H,20-22H2,(H,30,31). The molecule has 34 heavy (non-hydrogen) atoms. The van der Waals surface area contributed by atoms with E-state index in [0.717, 1.165) is 22.3 Å². The molecule has 3 aromatic carbocycles. The summed E-state index contributed by atoms with van der Waals surface area (Å²) < 4.78 is 17.4. The van der Waals surface area contributed by atoms with Gasteiger partial charge in [0.15, 0.2) is 6.29 Å². The molecule has 170 valence electrons. The van der Waals surface area contributed by atoms with Crippen LogP contribution in [0, 0.1) is 0 Å². The summed E-state index contributed by atoms with van der Waals surface area (Å²) >= 11 is 0. The number of carbonyl (C=O) groups excluding carboxylic acids is 1. The summed E-state index contributed by atoms with van der Waals surface area (Å²) in [6, 6.07) is 26.8. The number of anilines is 1. The highest BCUT2D eigenvalue weighted by Gasteiger charge is 2.14. The number of amides is 1. The number of hydrogen-bond acceptors (Lipinski definition) is 4. The van der Waals surface area contributed by atoms with Crippen molar-refractivity contribution in [2.24, 2.45) is 0 Å². The minimum absolute atomic E-state index is 0.210. The average molecular weight is 452 g/mol. The Morgan fingerprint density at radius 2 is 1.44 bits per heavy atom. The van der Waals surface area contributed by atoms with E-state index in [1.165, 1.54) is 0 Å². The van der Waals surface area contributed by atoms with Crippen LogP contribution in [0.1, 0.15) is 23.0 Å². The average Bonchev–Trinajstić information content (AvgIpc) is 2.90. The summed E-state index contributed by atoms with van der Waals surface area (Å²) in [4.78, 5) is 12.1. The van der Waals surface area contributed by atoms with Crippen LogP contribution in [0.5, 0.6) is 0 Å². The molecular weight excluding hydrogens is 426 g/mol. The SMILES string of the molecule is O=C(Nc1ccc(C(OCC2=C=C=CC=C2)OCc2ccccc2)cc1)OCc1ccccc1. The molecule has 4 rings (SSSR count). The first kappa shape index (κ1) is 23.1. The van der Waals surface area contributed by atoms with Gasteiger partial charge in [0.1, 0.15) is 6.61 Å². The summed E-state index contributed by atoms with van der Waals surface area (Å²) in [6.07, 6.45) is 4.52. The molecule has 0 aromatic heterocycles. The van der Waals surface area contributed by atoms with Crippen LogP contribution >= 0.6 is 0 Å². The Morgan fingerprint density at radius 1 is 0.794 bits per heavy atom. The van der Waals surface area contributed by atoms with Crippen LogP contribution in [0.4, 0.5) is 10.5 Å². The first-order valence-electron chi connectivity index (χ1n) is 11.0. The Hall–Kier alpha value is -4.11. The van der Waals surface area contributed by atoms with E-state index in [1.54, 1.807) is 18.2 Å². The molecule has 3 aromatic rings. The third-order valence-corrected chi connectivity index (χ3v) is 4.99. The predicted molar refractivity (Wildman–Crippen MR) is 131 cm³/mol. The number of hydrogen-bond donors (Lipinski definition) is 1. The molecule has 0 radical (unpaired) electrons. The van der Waals surface area contributed by atoms with Gasteiger partial charge in [0.05, 0.1) is 13.2 Å². The van der Waals surface area contributed by atoms with Crippen LogP contribution in [-0.2, 0) is 27.4 Å². The third-order valence-electron chi connectivity index (χ3n) is 4.99. The van der Waals surface area contributed by atoms with Gasteiger partial charge < -0.3 is 14.2 Å². The summed E-state index contributed by atoms with van der Waals surface area (Å²) in [7, 11) is 0. The van der Waals surface area contributed by atoms with Gasteiger partial charge in [-0.1, -0.05) is 90.3 Å². The molecule has 0 aliphatic heterocycles. The van der Waals surface area contributed by atoms with E-state index in [-0.39, 0.29) is 6.61 Å². The summed E-state index contributed by atoms with van der Waals surface area (Å²) in [5, 5.41) is 2.74. The zero-order valence-corrected chi connectivity index (χ0v) is 18.6. The second-order valence-electron chi connectivity index (χ2n) is 7.57. The van der Waals surface area contributed by atoms with E-state index in [0.29, 0.717) is 18.9 Å². The molecule has 0 heterocycles. The van der Waals surface area contributed by atoms with Gasteiger partial charge >= 0.3 is 6.09 Å². The maximum absolute atomic E-state index is 12.1. The van der Waals surface area contributed by atoms with Crippen molar-refractivity contribution in [3.8, 4) is 0 Å². The van der Waals surface area contributed by atoms with Gasteiger partial charge in [0, 0.05) is 16.8 Å². The van der Waals surface area contributed by atoms with Crippen molar-refractivity contribution < 1.29 is 19.0 Å². The van der Waals surface area contributed by atoms with Gasteiger partial charge in [-0.25, -0.2) is 4.79 Å². The molecule has 1 unspecified atom stereocenters. The van der Waals surface area contributed by atoms with Crippen molar-refractivity contribution >= 4 is 11.8 Å². The first-order chi connectivity index (χ1) is 16.8. The third kappa shape index (κ3) is 7.21. The highest BCUT2D eigenvalue weighted by molar-refractivity contribution is 5.84. The van der Waals surface area contributed by atoms with Gasteiger partial charge in [0.2, 0.25) is 0 Å². The van der Waals surface area contributed by atoms with Crippen molar-refractivity contribution in [2.75, 3.05) is 11.9 Å². The fraction of sp³-hybridized carbons (Fsp3) is 0.138. The predicted octanol–water partition coefficient (Wildman–Crippen LogP) is 6.47. The normalized spacial score (nSPS) is 12.8. The number of benzene rings is 3. The zero-order valence-electron chi connectivity index (χ0n) is 18.6. The Bertz CT molecular complexity index is 1200. The lowest BCUT2D eigenvalue weighted by molar-refractivity contribution is -0.148. The van der Waals surface area contributed by atoms with Gasteiger partial charge in [-0.05, 0) is 35.4 Å².